The van der Waals surface area contributed by atoms with E-state index in [9.17, 15) is 14.7 Å². The molecule has 2 aliphatic carbocycles. The van der Waals surface area contributed by atoms with Crippen molar-refractivity contribution in [2.45, 2.75) is 62.8 Å². The van der Waals surface area contributed by atoms with Gasteiger partial charge in [-0.05, 0) is 62.1 Å². The van der Waals surface area contributed by atoms with E-state index in [2.05, 4.69) is 21.6 Å². The zero-order valence-corrected chi connectivity index (χ0v) is 21.0. The minimum absolute atomic E-state index is 0.0902. The van der Waals surface area contributed by atoms with Crippen LogP contribution < -0.4 is 4.74 Å². The highest BCUT2D eigenvalue weighted by Crippen LogP contribution is 2.51. The average molecular weight is 480 g/mol. The summed E-state index contributed by atoms with van der Waals surface area (Å²) in [6.45, 7) is 1.99. The minimum atomic E-state index is -0.347. The maximum absolute atomic E-state index is 13.5. The number of aromatic nitrogens is 1. The van der Waals surface area contributed by atoms with E-state index in [1.807, 2.05) is 18.0 Å². The van der Waals surface area contributed by atoms with E-state index in [0.29, 0.717) is 24.8 Å². The molecular weight excluding hydrogens is 442 g/mol. The molecule has 1 aromatic heterocycles. The van der Waals surface area contributed by atoms with Crippen molar-refractivity contribution in [2.75, 3.05) is 33.4 Å². The van der Waals surface area contributed by atoms with Crippen LogP contribution in [0.5, 0.6) is 5.75 Å². The van der Waals surface area contributed by atoms with Crippen LogP contribution in [-0.2, 0) is 22.1 Å². The molecule has 3 fully saturated rings. The second-order valence-corrected chi connectivity index (χ2v) is 11.3. The van der Waals surface area contributed by atoms with E-state index in [1.165, 1.54) is 10.9 Å². The van der Waals surface area contributed by atoms with Crippen molar-refractivity contribution in [1.29, 1.82) is 0 Å². The number of amides is 2. The van der Waals surface area contributed by atoms with Gasteiger partial charge in [-0.1, -0.05) is 6.42 Å². The first-order chi connectivity index (χ1) is 17.0. The third-order valence-corrected chi connectivity index (χ3v) is 9.29. The Bertz CT molecular complexity index is 1150. The van der Waals surface area contributed by atoms with Crippen molar-refractivity contribution in [3.63, 3.8) is 0 Å². The molecule has 3 heterocycles. The van der Waals surface area contributed by atoms with Gasteiger partial charge in [-0.15, -0.1) is 0 Å². The van der Waals surface area contributed by atoms with Crippen LogP contribution in [-0.4, -0.2) is 64.6 Å². The van der Waals surface area contributed by atoms with Gasteiger partial charge in [-0.2, -0.15) is 0 Å². The minimum Gasteiger partial charge on any atom is -0.497 e. The Balaban J connectivity index is 1.42. The Morgan fingerprint density at radius 3 is 2.49 bits per heavy atom. The molecule has 2 aliphatic heterocycles. The van der Waals surface area contributed by atoms with Crippen LogP contribution in [0.25, 0.3) is 10.9 Å². The number of nitrogens with zero attached hydrogens (tertiary/aromatic N) is 3. The maximum Gasteiger partial charge on any atom is 0.225 e. The zero-order valence-electron chi connectivity index (χ0n) is 21.0. The third-order valence-electron chi connectivity index (χ3n) is 9.29. The Hall–Kier alpha value is -2.54. The molecule has 1 N–H and O–H groups in total. The van der Waals surface area contributed by atoms with Gasteiger partial charge in [0, 0.05) is 61.6 Å². The first-order valence-electron chi connectivity index (χ1n) is 13.3. The average Bonchev–Trinajstić information content (AvgIpc) is 3.60. The van der Waals surface area contributed by atoms with Crippen LogP contribution in [0, 0.1) is 11.8 Å². The molecule has 188 valence electrons. The Kier molecular flexibility index (Phi) is 5.59. The molecule has 1 spiro atoms. The van der Waals surface area contributed by atoms with E-state index in [0.717, 1.165) is 75.0 Å². The predicted octanol–water partition coefficient (Wildman–Crippen LogP) is 3.52. The molecule has 2 saturated carbocycles. The predicted molar refractivity (Wildman–Crippen MR) is 133 cm³/mol. The number of rotatable bonds is 5. The summed E-state index contributed by atoms with van der Waals surface area (Å²) in [5.41, 5.74) is 3.16. The summed E-state index contributed by atoms with van der Waals surface area (Å²) in [5.74, 6) is 1.99. The SMILES string of the molecule is COc1ccc2c3c(n(C)c2c1)[C@H](CO)N(C(=O)CC1CC1)CC31CCN(C(=O)C2CCC2)CC1. The van der Waals surface area contributed by atoms with Crippen molar-refractivity contribution in [3.05, 3.63) is 29.5 Å². The number of aliphatic hydroxyl groups is 1. The fourth-order valence-electron chi connectivity index (χ4n) is 6.78. The lowest BCUT2D eigenvalue weighted by molar-refractivity contribution is -0.142. The number of hydrogen-bond donors (Lipinski definition) is 1. The summed E-state index contributed by atoms with van der Waals surface area (Å²) in [4.78, 5) is 30.5. The van der Waals surface area contributed by atoms with Crippen LogP contribution in [0.2, 0.25) is 0 Å². The lowest BCUT2D eigenvalue weighted by Crippen LogP contribution is -2.56. The number of benzene rings is 1. The molecule has 2 amide bonds. The fourth-order valence-corrected chi connectivity index (χ4v) is 6.78. The number of piperidine rings is 1. The molecule has 35 heavy (non-hydrogen) atoms. The quantitative estimate of drug-likeness (QED) is 0.712. The van der Waals surface area contributed by atoms with Crippen molar-refractivity contribution < 1.29 is 19.4 Å². The van der Waals surface area contributed by atoms with Crippen molar-refractivity contribution in [1.82, 2.24) is 14.4 Å². The Morgan fingerprint density at radius 2 is 1.89 bits per heavy atom. The molecular formula is C28H37N3O4. The topological polar surface area (TPSA) is 75.0 Å². The standard InChI is InChI=1S/C28H37N3O4/c1-29-22-15-20(35-2)8-9-21(22)25-26(29)23(16-32)31(24(33)14-18-6-7-18)17-28(25)10-12-30(13-11-28)27(34)19-4-3-5-19/h8-9,15,18-19,23,32H,3-7,10-14,16-17H2,1-2H3/t23-/m0/s1. The number of fused-ring (bicyclic) bond motifs is 4. The Labute approximate surface area is 207 Å². The summed E-state index contributed by atoms with van der Waals surface area (Å²) in [7, 11) is 3.72. The number of methoxy groups -OCH3 is 1. The number of carbonyl (C=O) groups is 2. The molecule has 1 atom stereocenters. The first-order valence-corrected chi connectivity index (χ1v) is 13.3. The largest absolute Gasteiger partial charge is 0.497 e. The zero-order chi connectivity index (χ0) is 24.3. The summed E-state index contributed by atoms with van der Waals surface area (Å²) in [6, 6.07) is 5.85. The Morgan fingerprint density at radius 1 is 1.14 bits per heavy atom. The van der Waals surface area contributed by atoms with Gasteiger partial charge in [0.15, 0.2) is 0 Å². The van der Waals surface area contributed by atoms with Gasteiger partial charge in [0.2, 0.25) is 11.8 Å². The van der Waals surface area contributed by atoms with Gasteiger partial charge in [-0.3, -0.25) is 9.59 Å². The highest BCUT2D eigenvalue weighted by Gasteiger charge is 2.50. The highest BCUT2D eigenvalue weighted by molar-refractivity contribution is 5.90. The third kappa shape index (κ3) is 3.65. The first kappa shape index (κ1) is 22.9. The number of hydrogen-bond acceptors (Lipinski definition) is 4. The maximum atomic E-state index is 13.5. The van der Waals surface area contributed by atoms with Crippen LogP contribution in [0.4, 0.5) is 0 Å². The van der Waals surface area contributed by atoms with Gasteiger partial charge >= 0.3 is 0 Å². The molecule has 0 bridgehead atoms. The van der Waals surface area contributed by atoms with Crippen molar-refractivity contribution >= 4 is 22.7 Å². The second-order valence-electron chi connectivity index (χ2n) is 11.3. The monoisotopic (exact) mass is 479 g/mol. The van der Waals surface area contributed by atoms with Gasteiger partial charge in [0.05, 0.1) is 25.3 Å². The van der Waals surface area contributed by atoms with E-state index < -0.39 is 0 Å². The molecule has 7 heteroatoms. The number of likely N-dealkylation sites (tertiary alicyclic amines) is 1. The van der Waals surface area contributed by atoms with Gasteiger partial charge in [-0.25, -0.2) is 0 Å². The molecule has 2 aromatic rings. The highest BCUT2D eigenvalue weighted by atomic mass is 16.5. The van der Waals surface area contributed by atoms with E-state index in [4.69, 9.17) is 4.74 Å². The van der Waals surface area contributed by atoms with Crippen molar-refractivity contribution in [2.24, 2.45) is 18.9 Å². The van der Waals surface area contributed by atoms with Crippen LogP contribution in [0.3, 0.4) is 0 Å². The molecule has 0 unspecified atom stereocenters. The number of carbonyl (C=O) groups excluding carboxylic acids is 2. The summed E-state index contributed by atoms with van der Waals surface area (Å²) < 4.78 is 7.68. The van der Waals surface area contributed by atoms with Crippen LogP contribution in [0.1, 0.15) is 68.7 Å². The van der Waals surface area contributed by atoms with E-state index in [1.54, 1.807) is 7.11 Å². The number of aryl methyl sites for hydroxylation is 1. The smallest absolute Gasteiger partial charge is 0.225 e. The summed E-state index contributed by atoms with van der Waals surface area (Å²) >= 11 is 0. The van der Waals surface area contributed by atoms with Crippen molar-refractivity contribution in [3.8, 4) is 5.75 Å². The molecule has 0 radical (unpaired) electrons. The molecule has 6 rings (SSSR count). The molecule has 7 nitrogen and oxygen atoms in total. The lowest BCUT2D eigenvalue weighted by Gasteiger charge is -2.51. The second kappa shape index (κ2) is 8.54. The van der Waals surface area contributed by atoms with Crippen LogP contribution >= 0.6 is 0 Å². The molecule has 1 saturated heterocycles. The lowest BCUT2D eigenvalue weighted by atomic mass is 9.68. The van der Waals surface area contributed by atoms with Gasteiger partial charge in [0.25, 0.3) is 0 Å². The van der Waals surface area contributed by atoms with Crippen LogP contribution in [0.15, 0.2) is 18.2 Å². The summed E-state index contributed by atoms with van der Waals surface area (Å²) in [6.07, 6.45) is 7.74. The normalized spacial score (nSPS) is 23.9. The van der Waals surface area contributed by atoms with E-state index in [-0.39, 0.29) is 29.9 Å². The number of ether oxygens (including phenoxy) is 1. The van der Waals surface area contributed by atoms with Gasteiger partial charge < -0.3 is 24.2 Å². The van der Waals surface area contributed by atoms with Gasteiger partial charge in [0.1, 0.15) is 5.75 Å². The fraction of sp³-hybridized carbons (Fsp3) is 0.643. The molecule has 1 aromatic carbocycles. The molecule has 4 aliphatic rings. The summed E-state index contributed by atoms with van der Waals surface area (Å²) in [5, 5.41) is 11.7. The number of aliphatic hydroxyl groups excluding tert-OH is 1. The van der Waals surface area contributed by atoms with E-state index >= 15 is 0 Å².